The minimum absolute atomic E-state index is 0.123. The number of carboxylic acid groups (broad SMARTS) is 1. The first-order valence-electron chi connectivity index (χ1n) is 6.86. The number of hydrogen-bond acceptors (Lipinski definition) is 2. The first kappa shape index (κ1) is 15.6. The second-order valence-corrected chi connectivity index (χ2v) is 5.75. The van der Waals surface area contributed by atoms with Crippen LogP contribution < -0.4 is 0 Å². The molecule has 0 aliphatic heterocycles. The molecule has 0 bridgehead atoms. The summed E-state index contributed by atoms with van der Waals surface area (Å²) in [7, 11) is 1.70. The molecule has 5 heteroatoms. The maximum Gasteiger partial charge on any atom is 0.307 e. The molecule has 2 atom stereocenters. The molecule has 1 aromatic carbocycles. The van der Waals surface area contributed by atoms with Crippen LogP contribution in [-0.2, 0) is 16.1 Å². The number of carbonyl (C=O) groups excluding carboxylic acids is 1. The Labute approximate surface area is 129 Å². The SMILES string of the molecule is CN(Cc1ccc(Cl)cc1)C(=O)C1CC=CCC1C(=O)O. The Morgan fingerprint density at radius 2 is 1.76 bits per heavy atom. The molecule has 4 nitrogen and oxygen atoms in total. The Kier molecular flexibility index (Phi) is 5.02. The Morgan fingerprint density at radius 3 is 2.33 bits per heavy atom. The highest BCUT2D eigenvalue weighted by Crippen LogP contribution is 2.28. The second-order valence-electron chi connectivity index (χ2n) is 5.31. The first-order valence-corrected chi connectivity index (χ1v) is 7.24. The maximum absolute atomic E-state index is 12.5. The van der Waals surface area contributed by atoms with Crippen molar-refractivity contribution < 1.29 is 14.7 Å². The highest BCUT2D eigenvalue weighted by Gasteiger charge is 2.35. The van der Waals surface area contributed by atoms with Crippen LogP contribution in [0.5, 0.6) is 0 Å². The molecule has 1 amide bonds. The van der Waals surface area contributed by atoms with Crippen molar-refractivity contribution in [1.82, 2.24) is 4.90 Å². The first-order chi connectivity index (χ1) is 9.99. The lowest BCUT2D eigenvalue weighted by Crippen LogP contribution is -2.39. The fraction of sp³-hybridized carbons (Fsp3) is 0.375. The van der Waals surface area contributed by atoms with Crippen molar-refractivity contribution in [2.75, 3.05) is 7.05 Å². The molecule has 1 aliphatic carbocycles. The summed E-state index contributed by atoms with van der Waals surface area (Å²) in [6.45, 7) is 0.447. The molecule has 0 heterocycles. The number of benzene rings is 1. The van der Waals surface area contributed by atoms with Gasteiger partial charge in [-0.05, 0) is 30.5 Å². The minimum atomic E-state index is -0.905. The number of rotatable bonds is 4. The van der Waals surface area contributed by atoms with Crippen LogP contribution in [0.25, 0.3) is 0 Å². The fourth-order valence-corrected chi connectivity index (χ4v) is 2.71. The van der Waals surface area contributed by atoms with Gasteiger partial charge in [-0.25, -0.2) is 0 Å². The van der Waals surface area contributed by atoms with Gasteiger partial charge in [-0.3, -0.25) is 9.59 Å². The molecule has 112 valence electrons. The smallest absolute Gasteiger partial charge is 0.307 e. The van der Waals surface area contributed by atoms with Crippen molar-refractivity contribution in [2.24, 2.45) is 11.8 Å². The average molecular weight is 308 g/mol. The van der Waals surface area contributed by atoms with Crippen molar-refractivity contribution >= 4 is 23.5 Å². The maximum atomic E-state index is 12.5. The van der Waals surface area contributed by atoms with E-state index in [1.165, 1.54) is 0 Å². The number of aliphatic carboxylic acids is 1. The molecule has 0 aromatic heterocycles. The Morgan fingerprint density at radius 1 is 1.19 bits per heavy atom. The molecule has 1 N–H and O–H groups in total. The molecular formula is C16H18ClNO3. The topological polar surface area (TPSA) is 57.6 Å². The van der Waals surface area contributed by atoms with E-state index in [-0.39, 0.29) is 5.91 Å². The third-order valence-electron chi connectivity index (χ3n) is 3.78. The van der Waals surface area contributed by atoms with Gasteiger partial charge in [-0.15, -0.1) is 0 Å². The van der Waals surface area contributed by atoms with Crippen molar-refractivity contribution in [3.8, 4) is 0 Å². The Bertz CT molecular complexity index is 553. The van der Waals surface area contributed by atoms with Gasteiger partial charge in [0.1, 0.15) is 0 Å². The van der Waals surface area contributed by atoms with Gasteiger partial charge in [-0.2, -0.15) is 0 Å². The zero-order chi connectivity index (χ0) is 15.4. The molecule has 0 saturated heterocycles. The number of amides is 1. The number of nitrogens with zero attached hydrogens (tertiary/aromatic N) is 1. The molecule has 1 aliphatic rings. The van der Waals surface area contributed by atoms with Crippen LogP contribution in [0.1, 0.15) is 18.4 Å². The van der Waals surface area contributed by atoms with Crippen molar-refractivity contribution in [3.05, 3.63) is 47.0 Å². The van der Waals surface area contributed by atoms with Crippen molar-refractivity contribution in [3.63, 3.8) is 0 Å². The zero-order valence-corrected chi connectivity index (χ0v) is 12.6. The largest absolute Gasteiger partial charge is 0.481 e. The lowest BCUT2D eigenvalue weighted by atomic mass is 9.82. The molecular weight excluding hydrogens is 290 g/mol. The molecule has 1 aromatic rings. The minimum Gasteiger partial charge on any atom is -0.481 e. The van der Waals surface area contributed by atoms with Crippen LogP contribution >= 0.6 is 11.6 Å². The lowest BCUT2D eigenvalue weighted by molar-refractivity contribution is -0.150. The molecule has 2 unspecified atom stereocenters. The van der Waals surface area contributed by atoms with Crippen LogP contribution in [0.15, 0.2) is 36.4 Å². The van der Waals surface area contributed by atoms with Crippen LogP contribution in [0, 0.1) is 11.8 Å². The summed E-state index contributed by atoms with van der Waals surface area (Å²) in [5.41, 5.74) is 0.966. The van der Waals surface area contributed by atoms with Crippen LogP contribution in [0.3, 0.4) is 0 Å². The van der Waals surface area contributed by atoms with Gasteiger partial charge in [0.05, 0.1) is 11.8 Å². The number of allylic oxidation sites excluding steroid dienone is 2. The van der Waals surface area contributed by atoms with Gasteiger partial charge >= 0.3 is 5.97 Å². The quantitative estimate of drug-likeness (QED) is 0.870. The van der Waals surface area contributed by atoms with Crippen LogP contribution in [-0.4, -0.2) is 28.9 Å². The van der Waals surface area contributed by atoms with E-state index in [1.54, 1.807) is 24.1 Å². The third-order valence-corrected chi connectivity index (χ3v) is 4.03. The van der Waals surface area contributed by atoms with Gasteiger partial charge in [-0.1, -0.05) is 35.9 Å². The van der Waals surface area contributed by atoms with E-state index < -0.39 is 17.8 Å². The van der Waals surface area contributed by atoms with Crippen LogP contribution in [0.4, 0.5) is 0 Å². The molecule has 2 rings (SSSR count). The van der Waals surface area contributed by atoms with E-state index in [2.05, 4.69) is 0 Å². The van der Waals surface area contributed by atoms with E-state index >= 15 is 0 Å². The molecule has 21 heavy (non-hydrogen) atoms. The third kappa shape index (κ3) is 3.85. The van der Waals surface area contributed by atoms with Gasteiger partial charge in [0, 0.05) is 18.6 Å². The van der Waals surface area contributed by atoms with E-state index in [9.17, 15) is 14.7 Å². The van der Waals surface area contributed by atoms with Gasteiger partial charge in [0.15, 0.2) is 0 Å². The summed E-state index contributed by atoms with van der Waals surface area (Å²) in [4.78, 5) is 25.3. The summed E-state index contributed by atoms with van der Waals surface area (Å²) in [6, 6.07) is 7.28. The second kappa shape index (κ2) is 6.76. The average Bonchev–Trinajstić information content (AvgIpc) is 2.48. The standard InChI is InChI=1S/C16H18ClNO3/c1-18(10-11-6-8-12(17)9-7-11)15(19)13-4-2-3-5-14(13)16(20)21/h2-3,6-9,13-14H,4-5,10H2,1H3,(H,20,21). The summed E-state index contributed by atoms with van der Waals surface area (Å²) in [5.74, 6) is -2.14. The molecule has 0 fully saturated rings. The van der Waals surface area contributed by atoms with Crippen molar-refractivity contribution in [1.29, 1.82) is 0 Å². The zero-order valence-electron chi connectivity index (χ0n) is 11.8. The van der Waals surface area contributed by atoms with E-state index in [0.29, 0.717) is 24.4 Å². The monoisotopic (exact) mass is 307 g/mol. The molecule has 0 spiro atoms. The molecule has 0 radical (unpaired) electrons. The van der Waals surface area contributed by atoms with Gasteiger partial charge < -0.3 is 10.0 Å². The fourth-order valence-electron chi connectivity index (χ4n) is 2.58. The Hall–Kier alpha value is -1.81. The van der Waals surface area contributed by atoms with Crippen molar-refractivity contribution in [2.45, 2.75) is 19.4 Å². The normalized spacial score (nSPS) is 21.0. The van der Waals surface area contributed by atoms with E-state index in [0.717, 1.165) is 5.56 Å². The van der Waals surface area contributed by atoms with Gasteiger partial charge in [0.25, 0.3) is 0 Å². The number of carboxylic acids is 1. The molecule has 0 saturated carbocycles. The number of halogens is 1. The summed E-state index contributed by atoms with van der Waals surface area (Å²) >= 11 is 5.83. The lowest BCUT2D eigenvalue weighted by Gasteiger charge is -2.28. The highest BCUT2D eigenvalue weighted by molar-refractivity contribution is 6.30. The van der Waals surface area contributed by atoms with Gasteiger partial charge in [0.2, 0.25) is 5.91 Å². The van der Waals surface area contributed by atoms with E-state index in [4.69, 9.17) is 11.6 Å². The predicted molar refractivity (Wildman–Crippen MR) is 80.9 cm³/mol. The summed E-state index contributed by atoms with van der Waals surface area (Å²) in [5, 5.41) is 9.89. The highest BCUT2D eigenvalue weighted by atomic mass is 35.5. The number of carbonyl (C=O) groups is 2. The van der Waals surface area contributed by atoms with E-state index in [1.807, 2.05) is 24.3 Å². The summed E-state index contributed by atoms with van der Waals surface area (Å²) < 4.78 is 0. The Balaban J connectivity index is 2.05. The summed E-state index contributed by atoms with van der Waals surface area (Å²) in [6.07, 6.45) is 4.63. The van der Waals surface area contributed by atoms with Crippen LogP contribution in [0.2, 0.25) is 5.02 Å². The predicted octanol–water partition coefficient (Wildman–Crippen LogP) is 2.97. The number of hydrogen-bond donors (Lipinski definition) is 1.